The van der Waals surface area contributed by atoms with Crippen molar-refractivity contribution in [1.29, 1.82) is 0 Å². The summed E-state index contributed by atoms with van der Waals surface area (Å²) < 4.78 is 32.2. The number of rotatable bonds is 6. The van der Waals surface area contributed by atoms with Crippen LogP contribution < -0.4 is 10.5 Å². The highest BCUT2D eigenvalue weighted by Crippen LogP contribution is 2.21. The van der Waals surface area contributed by atoms with Crippen molar-refractivity contribution < 1.29 is 17.9 Å². The van der Waals surface area contributed by atoms with Crippen molar-refractivity contribution in [2.75, 3.05) is 39.3 Å². The van der Waals surface area contributed by atoms with Crippen LogP contribution in [-0.4, -0.2) is 62.9 Å². The highest BCUT2D eigenvalue weighted by Gasteiger charge is 2.30. The van der Waals surface area contributed by atoms with Crippen LogP contribution in [0.4, 0.5) is 0 Å². The molecule has 7 nitrogen and oxygen atoms in total. The maximum Gasteiger partial charge on any atom is 0.253 e. The van der Waals surface area contributed by atoms with E-state index in [9.17, 15) is 13.2 Å². The third-order valence-corrected chi connectivity index (χ3v) is 6.63. The van der Waals surface area contributed by atoms with Crippen molar-refractivity contribution in [2.45, 2.75) is 4.90 Å². The Kier molecular flexibility index (Phi) is 6.56. The molecule has 2 aromatic carbocycles. The molecule has 28 heavy (non-hydrogen) atoms. The fraction of sp³-hybridized carbons (Fsp3) is 0.316. The molecule has 1 aliphatic rings. The van der Waals surface area contributed by atoms with Crippen molar-refractivity contribution >= 4 is 27.5 Å². The minimum Gasteiger partial charge on any atom is -0.492 e. The van der Waals surface area contributed by atoms with Crippen LogP contribution >= 0.6 is 11.6 Å². The third kappa shape index (κ3) is 4.64. The smallest absolute Gasteiger partial charge is 0.253 e. The lowest BCUT2D eigenvalue weighted by atomic mass is 10.2. The van der Waals surface area contributed by atoms with Gasteiger partial charge in [-0.1, -0.05) is 11.6 Å². The van der Waals surface area contributed by atoms with E-state index < -0.39 is 10.0 Å². The molecular weight excluding hydrogens is 402 g/mol. The monoisotopic (exact) mass is 423 g/mol. The van der Waals surface area contributed by atoms with Gasteiger partial charge in [-0.05, 0) is 48.5 Å². The second-order valence-corrected chi connectivity index (χ2v) is 8.69. The maximum absolute atomic E-state index is 12.7. The second-order valence-electron chi connectivity index (χ2n) is 6.31. The van der Waals surface area contributed by atoms with Crippen molar-refractivity contribution in [3.05, 3.63) is 59.1 Å². The number of sulfonamides is 1. The van der Waals surface area contributed by atoms with Crippen molar-refractivity contribution in [3.63, 3.8) is 0 Å². The molecule has 1 heterocycles. The summed E-state index contributed by atoms with van der Waals surface area (Å²) in [6, 6.07) is 12.9. The standard InChI is InChI=1S/C19H22ClN3O4S/c20-16-3-7-18(8-4-16)28(25,26)23-12-10-22(11-13-23)19(24)15-1-5-17(6-2-15)27-14-9-21/h1-8H,9-14,21H2. The van der Waals surface area contributed by atoms with Gasteiger partial charge < -0.3 is 15.4 Å². The van der Waals surface area contributed by atoms with Gasteiger partial charge in [0.15, 0.2) is 0 Å². The zero-order valence-electron chi connectivity index (χ0n) is 15.3. The molecule has 0 bridgehead atoms. The predicted octanol–water partition coefficient (Wildman–Crippen LogP) is 1.82. The van der Waals surface area contributed by atoms with E-state index in [-0.39, 0.29) is 23.9 Å². The number of carbonyl (C=O) groups is 1. The van der Waals surface area contributed by atoms with Gasteiger partial charge in [0.05, 0.1) is 4.90 Å². The topological polar surface area (TPSA) is 92.9 Å². The minimum atomic E-state index is -3.60. The number of ether oxygens (including phenoxy) is 1. The highest BCUT2D eigenvalue weighted by molar-refractivity contribution is 7.89. The van der Waals surface area contributed by atoms with E-state index in [4.69, 9.17) is 22.1 Å². The van der Waals surface area contributed by atoms with E-state index in [1.54, 1.807) is 41.3 Å². The van der Waals surface area contributed by atoms with Gasteiger partial charge in [-0.3, -0.25) is 4.79 Å². The molecule has 1 amide bonds. The molecule has 0 atom stereocenters. The Bertz CT molecular complexity index is 909. The average Bonchev–Trinajstić information content (AvgIpc) is 2.72. The number of carbonyl (C=O) groups excluding carboxylic acids is 1. The first-order chi connectivity index (χ1) is 13.4. The first-order valence-electron chi connectivity index (χ1n) is 8.90. The molecule has 2 aromatic rings. The van der Waals surface area contributed by atoms with Crippen molar-refractivity contribution in [1.82, 2.24) is 9.21 Å². The summed E-state index contributed by atoms with van der Waals surface area (Å²) >= 11 is 5.83. The summed E-state index contributed by atoms with van der Waals surface area (Å²) in [4.78, 5) is 14.5. The Labute approximate surface area is 169 Å². The summed E-state index contributed by atoms with van der Waals surface area (Å²) in [5.41, 5.74) is 5.94. The second kappa shape index (κ2) is 8.91. The molecule has 2 N–H and O–H groups in total. The summed E-state index contributed by atoms with van der Waals surface area (Å²) in [5, 5.41) is 0.480. The zero-order valence-corrected chi connectivity index (χ0v) is 16.8. The van der Waals surface area contributed by atoms with E-state index in [0.717, 1.165) is 0 Å². The fourth-order valence-electron chi connectivity index (χ4n) is 2.94. The lowest BCUT2D eigenvalue weighted by Gasteiger charge is -2.34. The number of benzene rings is 2. The van der Waals surface area contributed by atoms with Crippen LogP contribution in [0, 0.1) is 0 Å². The maximum atomic E-state index is 12.7. The van der Waals surface area contributed by atoms with E-state index >= 15 is 0 Å². The number of piperazine rings is 1. The van der Waals surface area contributed by atoms with Crippen LogP contribution in [0.15, 0.2) is 53.4 Å². The number of hydrogen-bond acceptors (Lipinski definition) is 5. The van der Waals surface area contributed by atoms with Crippen molar-refractivity contribution in [3.8, 4) is 5.75 Å². The lowest BCUT2D eigenvalue weighted by Crippen LogP contribution is -2.50. The summed E-state index contributed by atoms with van der Waals surface area (Å²) in [6.45, 7) is 1.98. The van der Waals surface area contributed by atoms with Gasteiger partial charge in [-0.15, -0.1) is 0 Å². The predicted molar refractivity (Wildman–Crippen MR) is 107 cm³/mol. The Hall–Kier alpha value is -2.13. The van der Waals surface area contributed by atoms with Gasteiger partial charge in [-0.2, -0.15) is 4.31 Å². The van der Waals surface area contributed by atoms with Gasteiger partial charge in [0, 0.05) is 43.3 Å². The highest BCUT2D eigenvalue weighted by atomic mass is 35.5. The number of nitrogens with two attached hydrogens (primary N) is 1. The lowest BCUT2D eigenvalue weighted by molar-refractivity contribution is 0.0698. The molecule has 0 aromatic heterocycles. The van der Waals surface area contributed by atoms with Crippen LogP contribution in [0.3, 0.4) is 0 Å². The van der Waals surface area contributed by atoms with Crippen LogP contribution in [0.5, 0.6) is 5.75 Å². The quantitative estimate of drug-likeness (QED) is 0.765. The van der Waals surface area contributed by atoms with Crippen LogP contribution in [0.1, 0.15) is 10.4 Å². The molecule has 1 fully saturated rings. The minimum absolute atomic E-state index is 0.131. The van der Waals surface area contributed by atoms with Crippen molar-refractivity contribution in [2.24, 2.45) is 5.73 Å². The Morgan fingerprint density at radius 2 is 1.61 bits per heavy atom. The zero-order chi connectivity index (χ0) is 20.1. The molecule has 0 spiro atoms. The SMILES string of the molecule is NCCOc1ccc(C(=O)N2CCN(S(=O)(=O)c3ccc(Cl)cc3)CC2)cc1. The van der Waals surface area contributed by atoms with Gasteiger partial charge in [0.25, 0.3) is 5.91 Å². The molecule has 150 valence electrons. The van der Waals surface area contributed by atoms with Gasteiger partial charge >= 0.3 is 0 Å². The van der Waals surface area contributed by atoms with E-state index in [1.165, 1.54) is 16.4 Å². The summed E-state index contributed by atoms with van der Waals surface area (Å²) in [6.07, 6.45) is 0. The Morgan fingerprint density at radius 3 is 2.18 bits per heavy atom. The normalized spacial score (nSPS) is 15.4. The van der Waals surface area contributed by atoms with Crippen LogP contribution in [0.2, 0.25) is 5.02 Å². The Morgan fingerprint density at radius 1 is 1.00 bits per heavy atom. The summed E-state index contributed by atoms with van der Waals surface area (Å²) in [5.74, 6) is 0.523. The number of amides is 1. The molecule has 9 heteroatoms. The summed E-state index contributed by atoms with van der Waals surface area (Å²) in [7, 11) is -3.60. The molecule has 1 saturated heterocycles. The van der Waals surface area contributed by atoms with E-state index in [2.05, 4.69) is 0 Å². The fourth-order valence-corrected chi connectivity index (χ4v) is 4.49. The van der Waals surface area contributed by atoms with E-state index in [0.29, 0.717) is 42.6 Å². The molecule has 0 aliphatic carbocycles. The molecule has 0 radical (unpaired) electrons. The first-order valence-corrected chi connectivity index (χ1v) is 10.7. The number of halogens is 1. The van der Waals surface area contributed by atoms with Gasteiger partial charge in [0.1, 0.15) is 12.4 Å². The molecule has 0 unspecified atom stereocenters. The number of hydrogen-bond donors (Lipinski definition) is 1. The largest absolute Gasteiger partial charge is 0.492 e. The van der Waals surface area contributed by atoms with E-state index in [1.807, 2.05) is 0 Å². The van der Waals surface area contributed by atoms with Gasteiger partial charge in [0.2, 0.25) is 10.0 Å². The van der Waals surface area contributed by atoms with Gasteiger partial charge in [-0.25, -0.2) is 8.42 Å². The Balaban J connectivity index is 1.61. The van der Waals surface area contributed by atoms with Crippen LogP contribution in [0.25, 0.3) is 0 Å². The molecule has 0 saturated carbocycles. The number of nitrogens with zero attached hydrogens (tertiary/aromatic N) is 2. The first kappa shape index (κ1) is 20.6. The average molecular weight is 424 g/mol. The third-order valence-electron chi connectivity index (χ3n) is 4.47. The molecule has 3 rings (SSSR count). The molecule has 1 aliphatic heterocycles. The molecular formula is C19H22ClN3O4S. The van der Waals surface area contributed by atoms with Crippen LogP contribution in [-0.2, 0) is 10.0 Å².